The maximum absolute atomic E-state index is 6.08. The van der Waals surface area contributed by atoms with Gasteiger partial charge in [0.2, 0.25) is 0 Å². The Morgan fingerprint density at radius 1 is 1.38 bits per heavy atom. The monoisotopic (exact) mass is 255 g/mol. The normalized spacial score (nSPS) is 10.8. The van der Waals surface area contributed by atoms with Gasteiger partial charge in [-0.15, -0.1) is 0 Å². The Bertz CT molecular complexity index is 520. The molecule has 0 aliphatic heterocycles. The third kappa shape index (κ3) is 2.07. The fraction of sp³-hybridized carbons (Fsp3) is 0.182. The summed E-state index contributed by atoms with van der Waals surface area (Å²) in [5.41, 5.74) is 8.26. The summed E-state index contributed by atoms with van der Waals surface area (Å²) in [6.45, 7) is 2.38. The van der Waals surface area contributed by atoms with Crippen molar-refractivity contribution < 1.29 is 0 Å². The fourth-order valence-electron chi connectivity index (χ4n) is 1.48. The van der Waals surface area contributed by atoms with E-state index < -0.39 is 0 Å². The van der Waals surface area contributed by atoms with Crippen LogP contribution in [0.1, 0.15) is 11.3 Å². The lowest BCUT2D eigenvalue weighted by molar-refractivity contribution is 0.863. The minimum absolute atomic E-state index is 0.462. The fourth-order valence-corrected chi connectivity index (χ4v) is 1.85. The highest BCUT2D eigenvalue weighted by Crippen LogP contribution is 2.24. The van der Waals surface area contributed by atoms with Crippen molar-refractivity contribution >= 4 is 23.2 Å². The van der Waals surface area contributed by atoms with Crippen molar-refractivity contribution in [2.24, 2.45) is 5.73 Å². The second kappa shape index (κ2) is 4.45. The first-order chi connectivity index (χ1) is 7.61. The highest BCUT2D eigenvalue weighted by molar-refractivity contribution is 6.34. The molecule has 0 bridgehead atoms. The van der Waals surface area contributed by atoms with E-state index in [9.17, 15) is 0 Å². The van der Waals surface area contributed by atoms with Crippen LogP contribution < -0.4 is 5.73 Å². The van der Waals surface area contributed by atoms with E-state index in [1.54, 1.807) is 22.9 Å². The molecule has 0 aliphatic carbocycles. The molecule has 0 fully saturated rings. The van der Waals surface area contributed by atoms with Crippen LogP contribution >= 0.6 is 23.2 Å². The summed E-state index contributed by atoms with van der Waals surface area (Å²) in [4.78, 5) is 0. The van der Waals surface area contributed by atoms with Crippen molar-refractivity contribution in [1.82, 2.24) is 9.78 Å². The summed E-state index contributed by atoms with van der Waals surface area (Å²) in [6, 6.07) is 5.27. The lowest BCUT2D eigenvalue weighted by atomic mass is 10.3. The minimum Gasteiger partial charge on any atom is -0.326 e. The number of benzene rings is 1. The first-order valence-corrected chi connectivity index (χ1v) is 5.58. The van der Waals surface area contributed by atoms with Crippen LogP contribution in [0.15, 0.2) is 24.4 Å². The molecule has 1 aromatic carbocycles. The van der Waals surface area contributed by atoms with Crippen molar-refractivity contribution in [3.05, 3.63) is 45.7 Å². The molecule has 2 N–H and O–H groups in total. The predicted octanol–water partition coefficient (Wildman–Crippen LogP) is 2.95. The van der Waals surface area contributed by atoms with Crippen LogP contribution in [-0.2, 0) is 6.54 Å². The summed E-state index contributed by atoms with van der Waals surface area (Å²) >= 11 is 12.0. The average molecular weight is 256 g/mol. The number of rotatable bonds is 2. The van der Waals surface area contributed by atoms with Crippen LogP contribution in [0.3, 0.4) is 0 Å². The Balaban J connectivity index is 2.53. The van der Waals surface area contributed by atoms with Gasteiger partial charge in [-0.1, -0.05) is 23.2 Å². The molecule has 0 saturated carbocycles. The van der Waals surface area contributed by atoms with Crippen molar-refractivity contribution in [3.8, 4) is 5.69 Å². The van der Waals surface area contributed by atoms with Gasteiger partial charge in [0.05, 0.1) is 16.4 Å². The minimum atomic E-state index is 0.462. The molecule has 0 aliphatic rings. The molecule has 0 amide bonds. The number of aromatic nitrogens is 2. The number of halogens is 2. The van der Waals surface area contributed by atoms with Crippen molar-refractivity contribution in [2.45, 2.75) is 13.5 Å². The summed E-state index contributed by atoms with van der Waals surface area (Å²) in [7, 11) is 0. The maximum Gasteiger partial charge on any atom is 0.0846 e. The topological polar surface area (TPSA) is 43.8 Å². The van der Waals surface area contributed by atoms with Crippen molar-refractivity contribution in [2.75, 3.05) is 0 Å². The molecule has 3 nitrogen and oxygen atoms in total. The number of hydrogen-bond donors (Lipinski definition) is 1. The highest BCUT2D eigenvalue weighted by Gasteiger charge is 2.08. The molecule has 0 unspecified atom stereocenters. The molecule has 84 valence electrons. The van der Waals surface area contributed by atoms with Crippen LogP contribution in [0, 0.1) is 6.92 Å². The number of aryl methyl sites for hydroxylation is 1. The molecular formula is C11H11Cl2N3. The van der Waals surface area contributed by atoms with Gasteiger partial charge in [-0.2, -0.15) is 5.10 Å². The summed E-state index contributed by atoms with van der Waals surface area (Å²) in [5, 5.41) is 5.58. The molecule has 5 heteroatoms. The van der Waals surface area contributed by atoms with E-state index in [2.05, 4.69) is 5.10 Å². The van der Waals surface area contributed by atoms with E-state index in [1.807, 2.05) is 13.1 Å². The molecule has 16 heavy (non-hydrogen) atoms. The van der Waals surface area contributed by atoms with Gasteiger partial charge >= 0.3 is 0 Å². The van der Waals surface area contributed by atoms with E-state index in [1.165, 1.54) is 0 Å². The summed E-state index contributed by atoms with van der Waals surface area (Å²) in [6.07, 6.45) is 1.87. The van der Waals surface area contributed by atoms with Gasteiger partial charge in [0.1, 0.15) is 0 Å². The summed E-state index contributed by atoms with van der Waals surface area (Å²) < 4.78 is 1.70. The Hall–Kier alpha value is -1.03. The van der Waals surface area contributed by atoms with Crippen molar-refractivity contribution in [1.29, 1.82) is 0 Å². The third-order valence-corrected chi connectivity index (χ3v) is 2.93. The van der Waals surface area contributed by atoms with Gasteiger partial charge < -0.3 is 5.73 Å². The van der Waals surface area contributed by atoms with Crippen LogP contribution in [0.25, 0.3) is 5.69 Å². The predicted molar refractivity (Wildman–Crippen MR) is 66.2 cm³/mol. The SMILES string of the molecule is Cc1nn(-c2cc(Cl)ccc2Cl)cc1CN. The molecule has 0 atom stereocenters. The average Bonchev–Trinajstić information content (AvgIpc) is 2.63. The van der Waals surface area contributed by atoms with E-state index in [-0.39, 0.29) is 0 Å². The van der Waals surface area contributed by atoms with Crippen LogP contribution in [0.4, 0.5) is 0 Å². The molecule has 0 radical (unpaired) electrons. The molecule has 1 heterocycles. The standard InChI is InChI=1S/C11H11Cl2N3/c1-7-8(5-14)6-16(15-7)11-4-9(12)2-3-10(11)13/h2-4,6H,5,14H2,1H3. The highest BCUT2D eigenvalue weighted by atomic mass is 35.5. The van der Waals surface area contributed by atoms with Gasteiger partial charge in [-0.25, -0.2) is 4.68 Å². The van der Waals surface area contributed by atoms with Gasteiger partial charge in [-0.05, 0) is 25.1 Å². The quantitative estimate of drug-likeness (QED) is 0.897. The lowest BCUT2D eigenvalue weighted by Crippen LogP contribution is -1.96. The second-order valence-corrected chi connectivity index (χ2v) is 4.33. The molecular weight excluding hydrogens is 245 g/mol. The van der Waals surface area contributed by atoms with E-state index in [0.717, 1.165) is 16.9 Å². The van der Waals surface area contributed by atoms with Gasteiger partial charge in [0.25, 0.3) is 0 Å². The van der Waals surface area contributed by atoms with Gasteiger partial charge in [-0.3, -0.25) is 0 Å². The summed E-state index contributed by atoms with van der Waals surface area (Å²) in [5.74, 6) is 0. The third-order valence-electron chi connectivity index (χ3n) is 2.38. The van der Waals surface area contributed by atoms with Crippen LogP contribution in [0.5, 0.6) is 0 Å². The Morgan fingerprint density at radius 3 is 2.75 bits per heavy atom. The molecule has 1 aromatic heterocycles. The zero-order chi connectivity index (χ0) is 11.7. The molecule has 2 rings (SSSR count). The smallest absolute Gasteiger partial charge is 0.0846 e. The number of nitrogens with two attached hydrogens (primary N) is 1. The lowest BCUT2D eigenvalue weighted by Gasteiger charge is -2.04. The van der Waals surface area contributed by atoms with Crippen LogP contribution in [0.2, 0.25) is 10.0 Å². The Morgan fingerprint density at radius 2 is 2.12 bits per heavy atom. The van der Waals surface area contributed by atoms with Crippen molar-refractivity contribution in [3.63, 3.8) is 0 Å². The second-order valence-electron chi connectivity index (χ2n) is 3.48. The number of hydrogen-bond acceptors (Lipinski definition) is 2. The molecule has 2 aromatic rings. The van der Waals surface area contributed by atoms with Gasteiger partial charge in [0, 0.05) is 23.3 Å². The first kappa shape index (κ1) is 11.5. The largest absolute Gasteiger partial charge is 0.326 e. The van der Waals surface area contributed by atoms with E-state index in [0.29, 0.717) is 16.6 Å². The van der Waals surface area contributed by atoms with E-state index in [4.69, 9.17) is 28.9 Å². The Labute approximate surface area is 104 Å². The number of nitrogens with zero attached hydrogens (tertiary/aromatic N) is 2. The van der Waals surface area contributed by atoms with Gasteiger partial charge in [0.15, 0.2) is 0 Å². The first-order valence-electron chi connectivity index (χ1n) is 4.82. The molecule has 0 saturated heterocycles. The zero-order valence-corrected chi connectivity index (χ0v) is 10.3. The Kier molecular flexibility index (Phi) is 3.19. The van der Waals surface area contributed by atoms with Crippen LogP contribution in [-0.4, -0.2) is 9.78 Å². The zero-order valence-electron chi connectivity index (χ0n) is 8.74. The molecule has 0 spiro atoms. The van der Waals surface area contributed by atoms with E-state index >= 15 is 0 Å². The maximum atomic E-state index is 6.08.